The molecule has 0 saturated carbocycles. The summed E-state index contributed by atoms with van der Waals surface area (Å²) in [6.07, 6.45) is -1.32. The van der Waals surface area contributed by atoms with Gasteiger partial charge < -0.3 is 4.42 Å². The number of hydrogen-bond donors (Lipinski definition) is 1. The van der Waals surface area contributed by atoms with Crippen LogP contribution in [0.3, 0.4) is 0 Å². The van der Waals surface area contributed by atoms with Crippen molar-refractivity contribution in [2.24, 2.45) is 7.05 Å². The largest absolute Gasteiger partial charge is 0.411 e. The van der Waals surface area contributed by atoms with Crippen LogP contribution in [0.2, 0.25) is 0 Å². The molecule has 8 nitrogen and oxygen atoms in total. The quantitative estimate of drug-likeness (QED) is 0.313. The highest BCUT2D eigenvalue weighted by Crippen LogP contribution is 2.31. The van der Waals surface area contributed by atoms with Gasteiger partial charge in [-0.25, -0.2) is 18.2 Å². The number of H-pyrrole nitrogens is 1. The number of nitrogens with zero attached hydrogens (tertiary/aromatic N) is 6. The second-order valence-corrected chi connectivity index (χ2v) is 8.06. The lowest BCUT2D eigenvalue weighted by Gasteiger charge is -1.96. The summed E-state index contributed by atoms with van der Waals surface area (Å²) in [5.74, 6) is 1.38. The molecule has 0 aliphatic carbocycles. The fraction of sp³-hybridized carbons (Fsp3) is 0.235. The molecular weight excluding hydrogens is 439 g/mol. The molecule has 0 aliphatic heterocycles. The Bertz CT molecular complexity index is 1140. The van der Waals surface area contributed by atoms with Crippen LogP contribution >= 0.6 is 23.5 Å². The average Bonchev–Trinajstić information content (AvgIpc) is 3.44. The van der Waals surface area contributed by atoms with Gasteiger partial charge in [0, 0.05) is 30.3 Å². The Morgan fingerprint density at radius 1 is 1.20 bits per heavy atom. The van der Waals surface area contributed by atoms with Gasteiger partial charge >= 0.3 is 0 Å². The summed E-state index contributed by atoms with van der Waals surface area (Å²) >= 11 is 2.69. The standard InChI is InChI=1S/C17H14F3N7OS2/c1-27-8-11(12(26-27)13(19)20)15-23-25-17(28-15)30-6-5-29-16-21-14(22-24-16)9-3-2-4-10(18)7-9/h2-4,7-8,13H,5-6H2,1H3,(H,21,22,24). The van der Waals surface area contributed by atoms with Crippen molar-refractivity contribution in [2.75, 3.05) is 11.5 Å². The topological polar surface area (TPSA) is 98.3 Å². The summed E-state index contributed by atoms with van der Waals surface area (Å²) in [6.45, 7) is 0. The monoisotopic (exact) mass is 453 g/mol. The molecule has 0 spiro atoms. The molecule has 3 aromatic heterocycles. The van der Waals surface area contributed by atoms with Crippen LogP contribution in [-0.4, -0.2) is 46.7 Å². The van der Waals surface area contributed by atoms with Crippen LogP contribution in [0.25, 0.3) is 22.8 Å². The van der Waals surface area contributed by atoms with E-state index < -0.39 is 12.1 Å². The number of rotatable bonds is 8. The number of hydrogen-bond acceptors (Lipinski definition) is 8. The minimum absolute atomic E-state index is 0.00209. The lowest BCUT2D eigenvalue weighted by atomic mass is 10.2. The third-order valence-electron chi connectivity index (χ3n) is 3.80. The average molecular weight is 453 g/mol. The first kappa shape index (κ1) is 20.5. The molecule has 0 saturated heterocycles. The fourth-order valence-corrected chi connectivity index (χ4v) is 4.07. The van der Waals surface area contributed by atoms with Crippen LogP contribution in [0.4, 0.5) is 13.2 Å². The molecule has 0 radical (unpaired) electrons. The summed E-state index contributed by atoms with van der Waals surface area (Å²) in [4.78, 5) is 4.33. The summed E-state index contributed by atoms with van der Waals surface area (Å²) in [7, 11) is 1.54. The summed E-state index contributed by atoms with van der Waals surface area (Å²) in [5.41, 5.74) is 0.333. The molecule has 0 atom stereocenters. The maximum atomic E-state index is 13.3. The van der Waals surface area contributed by atoms with Crippen molar-refractivity contribution >= 4 is 23.5 Å². The van der Waals surface area contributed by atoms with E-state index in [-0.39, 0.29) is 22.5 Å². The highest BCUT2D eigenvalue weighted by atomic mass is 32.2. The van der Waals surface area contributed by atoms with Crippen LogP contribution in [0.1, 0.15) is 12.1 Å². The third kappa shape index (κ3) is 4.67. The van der Waals surface area contributed by atoms with E-state index in [4.69, 9.17) is 4.42 Å². The third-order valence-corrected chi connectivity index (χ3v) is 5.73. The molecule has 13 heteroatoms. The number of alkyl halides is 2. The highest BCUT2D eigenvalue weighted by Gasteiger charge is 2.23. The van der Waals surface area contributed by atoms with Gasteiger partial charge in [-0.3, -0.25) is 9.78 Å². The van der Waals surface area contributed by atoms with Gasteiger partial charge in [-0.05, 0) is 12.1 Å². The molecule has 156 valence electrons. The molecule has 0 fully saturated rings. The lowest BCUT2D eigenvalue weighted by molar-refractivity contribution is 0.145. The molecule has 0 bridgehead atoms. The number of aromatic nitrogens is 7. The number of nitrogens with one attached hydrogen (secondary N) is 1. The maximum Gasteiger partial charge on any atom is 0.282 e. The Balaban J connectivity index is 1.31. The summed E-state index contributed by atoms with van der Waals surface area (Å²) < 4.78 is 46.2. The molecule has 1 aromatic carbocycles. The van der Waals surface area contributed by atoms with Crippen LogP contribution in [-0.2, 0) is 7.05 Å². The van der Waals surface area contributed by atoms with Gasteiger partial charge in [0.2, 0.25) is 5.16 Å². The molecular formula is C17H14F3N7OS2. The van der Waals surface area contributed by atoms with E-state index in [1.54, 1.807) is 19.2 Å². The number of benzene rings is 1. The second kappa shape index (κ2) is 8.92. The van der Waals surface area contributed by atoms with Crippen LogP contribution in [0.15, 0.2) is 45.3 Å². The van der Waals surface area contributed by atoms with Crippen molar-refractivity contribution in [1.82, 2.24) is 35.2 Å². The van der Waals surface area contributed by atoms with E-state index in [9.17, 15) is 13.2 Å². The minimum Gasteiger partial charge on any atom is -0.411 e. The van der Waals surface area contributed by atoms with E-state index >= 15 is 0 Å². The Labute approximate surface area is 176 Å². The van der Waals surface area contributed by atoms with Gasteiger partial charge in [-0.1, -0.05) is 35.7 Å². The summed E-state index contributed by atoms with van der Waals surface area (Å²) in [5, 5.41) is 19.1. The second-order valence-electron chi connectivity index (χ2n) is 5.95. The van der Waals surface area contributed by atoms with E-state index in [1.165, 1.54) is 46.5 Å². The fourth-order valence-electron chi connectivity index (χ4n) is 2.55. The Kier molecular flexibility index (Phi) is 6.08. The Hall–Kier alpha value is -2.80. The predicted octanol–water partition coefficient (Wildman–Crippen LogP) is 4.22. The number of aryl methyl sites for hydroxylation is 1. The zero-order chi connectivity index (χ0) is 21.1. The van der Waals surface area contributed by atoms with Gasteiger partial charge in [0.25, 0.3) is 17.5 Å². The van der Waals surface area contributed by atoms with Gasteiger partial charge in [-0.15, -0.1) is 15.3 Å². The first-order valence-corrected chi connectivity index (χ1v) is 10.6. The van der Waals surface area contributed by atoms with Crippen LogP contribution in [0.5, 0.6) is 0 Å². The van der Waals surface area contributed by atoms with Gasteiger partial charge in [0.05, 0.1) is 5.56 Å². The molecule has 0 unspecified atom stereocenters. The van der Waals surface area contributed by atoms with Gasteiger partial charge in [0.1, 0.15) is 11.5 Å². The van der Waals surface area contributed by atoms with Crippen LogP contribution in [0, 0.1) is 5.82 Å². The zero-order valence-electron chi connectivity index (χ0n) is 15.4. The van der Waals surface area contributed by atoms with Crippen molar-refractivity contribution in [3.05, 3.63) is 42.0 Å². The number of aromatic amines is 1. The first-order chi connectivity index (χ1) is 14.5. The van der Waals surface area contributed by atoms with Crippen molar-refractivity contribution < 1.29 is 17.6 Å². The Morgan fingerprint density at radius 2 is 2.03 bits per heavy atom. The predicted molar refractivity (Wildman–Crippen MR) is 105 cm³/mol. The molecule has 0 aliphatic rings. The molecule has 4 rings (SSSR count). The van der Waals surface area contributed by atoms with Crippen molar-refractivity contribution in [1.29, 1.82) is 0 Å². The normalized spacial score (nSPS) is 11.5. The first-order valence-electron chi connectivity index (χ1n) is 8.59. The van der Waals surface area contributed by atoms with E-state index in [2.05, 4.69) is 30.5 Å². The SMILES string of the molecule is Cn1cc(-c2nnc(SCCSc3n[nH]c(-c4cccc(F)c4)n3)o2)c(C(F)F)n1. The van der Waals surface area contributed by atoms with E-state index in [1.807, 2.05) is 0 Å². The van der Waals surface area contributed by atoms with E-state index in [0.29, 0.717) is 28.0 Å². The highest BCUT2D eigenvalue weighted by molar-refractivity contribution is 8.02. The van der Waals surface area contributed by atoms with Gasteiger partial charge in [0.15, 0.2) is 5.82 Å². The zero-order valence-corrected chi connectivity index (χ0v) is 17.1. The Morgan fingerprint density at radius 3 is 2.83 bits per heavy atom. The van der Waals surface area contributed by atoms with Gasteiger partial charge in [-0.2, -0.15) is 5.10 Å². The molecule has 4 aromatic rings. The molecule has 30 heavy (non-hydrogen) atoms. The molecule has 1 N–H and O–H groups in total. The van der Waals surface area contributed by atoms with Crippen LogP contribution < -0.4 is 0 Å². The minimum atomic E-state index is -2.74. The van der Waals surface area contributed by atoms with Crippen molar-refractivity contribution in [3.63, 3.8) is 0 Å². The van der Waals surface area contributed by atoms with Crippen molar-refractivity contribution in [3.8, 4) is 22.8 Å². The number of thioether (sulfide) groups is 2. The molecule has 3 heterocycles. The summed E-state index contributed by atoms with van der Waals surface area (Å²) in [6, 6.07) is 6.08. The molecule has 0 amide bonds. The van der Waals surface area contributed by atoms with Crippen molar-refractivity contribution in [2.45, 2.75) is 16.8 Å². The smallest absolute Gasteiger partial charge is 0.282 e. The number of halogens is 3. The van der Waals surface area contributed by atoms with E-state index in [0.717, 1.165) is 0 Å². The maximum absolute atomic E-state index is 13.3. The lowest BCUT2D eigenvalue weighted by Crippen LogP contribution is -1.91.